The van der Waals surface area contributed by atoms with Gasteiger partial charge in [0.15, 0.2) is 5.75 Å². The fourth-order valence-electron chi connectivity index (χ4n) is 2.76. The topological polar surface area (TPSA) is 78.6 Å². The number of nitro benzene ring substituents is 1. The Balaban J connectivity index is 0.00000264. The summed E-state index contributed by atoms with van der Waals surface area (Å²) in [7, 11) is 0. The molecule has 0 bridgehead atoms. The molecule has 0 aliphatic carbocycles. The monoisotopic (exact) mass is 381 g/mol. The minimum atomic E-state index is -0.766. The van der Waals surface area contributed by atoms with Gasteiger partial charge in [-0.25, -0.2) is 4.39 Å². The summed E-state index contributed by atoms with van der Waals surface area (Å²) in [5.74, 6) is -1.18. The molecular weight excluding hydrogens is 360 g/mol. The molecule has 1 aliphatic heterocycles. The Bertz CT molecular complexity index is 596. The van der Waals surface area contributed by atoms with Crippen LogP contribution in [-0.4, -0.2) is 41.1 Å². The van der Waals surface area contributed by atoms with Crippen LogP contribution in [0.2, 0.25) is 0 Å². The van der Waals surface area contributed by atoms with Gasteiger partial charge in [-0.2, -0.15) is 0 Å². The van der Waals surface area contributed by atoms with Gasteiger partial charge < -0.3 is 10.4 Å². The van der Waals surface area contributed by atoms with E-state index in [1.54, 1.807) is 0 Å². The number of aromatic hydroxyl groups is 1. The molecule has 1 saturated heterocycles. The van der Waals surface area contributed by atoms with Gasteiger partial charge in [0.1, 0.15) is 5.82 Å². The molecule has 6 nitrogen and oxygen atoms in total. The van der Waals surface area contributed by atoms with Gasteiger partial charge in [-0.1, -0.05) is 5.57 Å². The maximum absolute atomic E-state index is 13.8. The van der Waals surface area contributed by atoms with Crippen molar-refractivity contribution in [2.75, 3.05) is 26.2 Å². The molecule has 136 valence electrons. The molecule has 1 fully saturated rings. The minimum absolute atomic E-state index is 0. The Labute approximate surface area is 152 Å². The fourth-order valence-corrected chi connectivity index (χ4v) is 2.76. The van der Waals surface area contributed by atoms with Gasteiger partial charge in [0.2, 0.25) is 0 Å². The van der Waals surface area contributed by atoms with Crippen LogP contribution in [0.3, 0.4) is 0 Å². The SMILES string of the molecule is C=C(C)C[C@H](c1cc(F)cc([N+](=O)[O-])c1O)N1CCNCC1.Cl.Cl. The molecule has 1 atom stereocenters. The van der Waals surface area contributed by atoms with E-state index < -0.39 is 22.2 Å². The Hall–Kier alpha value is -1.41. The average molecular weight is 382 g/mol. The van der Waals surface area contributed by atoms with Gasteiger partial charge in [0.25, 0.3) is 0 Å². The Morgan fingerprint density at radius 2 is 2.04 bits per heavy atom. The van der Waals surface area contributed by atoms with Crippen LogP contribution in [-0.2, 0) is 0 Å². The van der Waals surface area contributed by atoms with Gasteiger partial charge in [0.05, 0.1) is 11.0 Å². The number of rotatable bonds is 5. The molecule has 0 spiro atoms. The third-order valence-corrected chi connectivity index (χ3v) is 3.77. The Morgan fingerprint density at radius 1 is 1.46 bits per heavy atom. The lowest BCUT2D eigenvalue weighted by Crippen LogP contribution is -2.45. The molecule has 0 aromatic heterocycles. The molecule has 0 amide bonds. The van der Waals surface area contributed by atoms with E-state index in [0.717, 1.165) is 37.8 Å². The van der Waals surface area contributed by atoms with Crippen molar-refractivity contribution in [3.05, 3.63) is 45.8 Å². The summed E-state index contributed by atoms with van der Waals surface area (Å²) in [5, 5.41) is 24.4. The van der Waals surface area contributed by atoms with Gasteiger partial charge in [0, 0.05) is 37.8 Å². The zero-order valence-corrected chi connectivity index (χ0v) is 15.0. The molecule has 1 aromatic carbocycles. The molecule has 2 rings (SSSR count). The van der Waals surface area contributed by atoms with Gasteiger partial charge in [-0.05, 0) is 19.4 Å². The number of nitrogens with one attached hydrogen (secondary N) is 1. The first-order chi connectivity index (χ1) is 10.4. The van der Waals surface area contributed by atoms with E-state index in [2.05, 4.69) is 16.8 Å². The van der Waals surface area contributed by atoms with E-state index in [1.807, 2.05) is 6.92 Å². The number of piperazine rings is 1. The minimum Gasteiger partial charge on any atom is -0.502 e. The smallest absolute Gasteiger partial charge is 0.313 e. The largest absolute Gasteiger partial charge is 0.502 e. The summed E-state index contributed by atoms with van der Waals surface area (Å²) in [5.41, 5.74) is 0.517. The number of nitrogens with zero attached hydrogens (tertiary/aromatic N) is 2. The molecule has 24 heavy (non-hydrogen) atoms. The van der Waals surface area contributed by atoms with Crippen molar-refractivity contribution in [3.8, 4) is 5.75 Å². The maximum Gasteiger partial charge on any atom is 0.313 e. The molecule has 0 saturated carbocycles. The van der Waals surface area contributed by atoms with E-state index in [9.17, 15) is 19.6 Å². The standard InChI is InChI=1S/C15H20FN3O3.2ClH/c1-10(2)7-13(18-5-3-17-4-6-18)12-8-11(16)9-14(15(12)20)19(21)22;;/h8-9,13,17,20H,1,3-7H2,2H3;2*1H/t13-;;/m1../s1. The van der Waals surface area contributed by atoms with Crippen LogP contribution < -0.4 is 5.32 Å². The van der Waals surface area contributed by atoms with E-state index in [-0.39, 0.29) is 36.4 Å². The first-order valence-corrected chi connectivity index (χ1v) is 7.16. The highest BCUT2D eigenvalue weighted by molar-refractivity contribution is 5.85. The summed E-state index contributed by atoms with van der Waals surface area (Å²) in [4.78, 5) is 12.3. The van der Waals surface area contributed by atoms with Crippen LogP contribution >= 0.6 is 24.8 Å². The zero-order valence-electron chi connectivity index (χ0n) is 13.3. The number of halogens is 3. The number of benzene rings is 1. The molecule has 0 unspecified atom stereocenters. The van der Waals surface area contributed by atoms with Crippen molar-refractivity contribution in [1.29, 1.82) is 0 Å². The quantitative estimate of drug-likeness (QED) is 0.465. The highest BCUT2D eigenvalue weighted by Gasteiger charge is 2.29. The van der Waals surface area contributed by atoms with Crippen LogP contribution in [0, 0.1) is 15.9 Å². The summed E-state index contributed by atoms with van der Waals surface area (Å²) < 4.78 is 13.8. The molecule has 1 heterocycles. The number of hydrogen-bond donors (Lipinski definition) is 2. The van der Waals surface area contributed by atoms with Crippen molar-refractivity contribution in [1.82, 2.24) is 10.2 Å². The van der Waals surface area contributed by atoms with Crippen molar-refractivity contribution >= 4 is 30.5 Å². The molecule has 1 aromatic rings. The lowest BCUT2D eigenvalue weighted by atomic mass is 9.96. The van der Waals surface area contributed by atoms with Gasteiger partial charge in [-0.15, -0.1) is 31.4 Å². The average Bonchev–Trinajstić information content (AvgIpc) is 2.47. The summed E-state index contributed by atoms with van der Waals surface area (Å²) in [6, 6.07) is 1.60. The Morgan fingerprint density at radius 3 is 2.54 bits per heavy atom. The van der Waals surface area contributed by atoms with Crippen LogP contribution in [0.1, 0.15) is 24.9 Å². The van der Waals surface area contributed by atoms with Gasteiger partial charge >= 0.3 is 5.69 Å². The lowest BCUT2D eigenvalue weighted by molar-refractivity contribution is -0.386. The predicted octanol–water partition coefficient (Wildman–Crippen LogP) is 3.20. The summed E-state index contributed by atoms with van der Waals surface area (Å²) >= 11 is 0. The number of hydrogen-bond acceptors (Lipinski definition) is 5. The predicted molar refractivity (Wildman–Crippen MR) is 95.8 cm³/mol. The molecule has 2 N–H and O–H groups in total. The van der Waals surface area contributed by atoms with Crippen molar-refractivity contribution in [2.24, 2.45) is 0 Å². The molecular formula is C15H22Cl2FN3O3. The first-order valence-electron chi connectivity index (χ1n) is 7.16. The van der Waals surface area contributed by atoms with Crippen molar-refractivity contribution in [2.45, 2.75) is 19.4 Å². The third-order valence-electron chi connectivity index (χ3n) is 3.77. The van der Waals surface area contributed by atoms with Crippen LogP contribution in [0.5, 0.6) is 5.75 Å². The Kier molecular flexibility index (Phi) is 9.21. The second-order valence-corrected chi connectivity index (χ2v) is 5.58. The molecule has 0 radical (unpaired) electrons. The molecule has 1 aliphatic rings. The number of phenols is 1. The fraction of sp³-hybridized carbons (Fsp3) is 0.467. The van der Waals surface area contributed by atoms with Gasteiger partial charge in [-0.3, -0.25) is 15.0 Å². The summed E-state index contributed by atoms with van der Waals surface area (Å²) in [6.45, 7) is 8.73. The zero-order chi connectivity index (χ0) is 16.3. The highest BCUT2D eigenvalue weighted by atomic mass is 35.5. The van der Waals surface area contributed by atoms with Crippen molar-refractivity contribution < 1.29 is 14.4 Å². The maximum atomic E-state index is 13.8. The highest BCUT2D eigenvalue weighted by Crippen LogP contribution is 2.39. The second-order valence-electron chi connectivity index (χ2n) is 5.58. The van der Waals surface area contributed by atoms with Crippen LogP contribution in [0.25, 0.3) is 0 Å². The first kappa shape index (κ1) is 22.6. The lowest BCUT2D eigenvalue weighted by Gasteiger charge is -2.35. The van der Waals surface area contributed by atoms with Crippen LogP contribution in [0.4, 0.5) is 10.1 Å². The van der Waals surface area contributed by atoms with E-state index in [1.165, 1.54) is 6.07 Å². The van der Waals surface area contributed by atoms with E-state index >= 15 is 0 Å². The molecule has 9 heteroatoms. The summed E-state index contributed by atoms with van der Waals surface area (Å²) in [6.07, 6.45) is 0.508. The number of phenolic OH excluding ortho intramolecular Hbond substituents is 1. The third kappa shape index (κ3) is 5.31. The van der Waals surface area contributed by atoms with Crippen molar-refractivity contribution in [3.63, 3.8) is 0 Å². The van der Waals surface area contributed by atoms with E-state index in [4.69, 9.17) is 0 Å². The normalized spacial score (nSPS) is 15.8. The van der Waals surface area contributed by atoms with Crippen LogP contribution in [0.15, 0.2) is 24.3 Å². The number of nitro groups is 1. The second kappa shape index (κ2) is 9.78. The van der Waals surface area contributed by atoms with E-state index in [0.29, 0.717) is 6.42 Å².